The van der Waals surface area contributed by atoms with Gasteiger partial charge in [0.2, 0.25) is 0 Å². The number of amides is 1. The average molecular weight is 439 g/mol. The van der Waals surface area contributed by atoms with Crippen molar-refractivity contribution in [2.24, 2.45) is 0 Å². The van der Waals surface area contributed by atoms with E-state index in [2.05, 4.69) is 45.2 Å². The highest BCUT2D eigenvalue weighted by atomic mass is 79.9. The molecule has 28 heavy (non-hydrogen) atoms. The maximum atomic E-state index is 12.5. The van der Waals surface area contributed by atoms with Gasteiger partial charge in [0.1, 0.15) is 5.76 Å². The third kappa shape index (κ3) is 4.14. The van der Waals surface area contributed by atoms with Gasteiger partial charge in [0.15, 0.2) is 5.76 Å². The molecule has 1 aliphatic rings. The third-order valence-corrected chi connectivity index (χ3v) is 5.75. The molecule has 4 rings (SSSR count). The minimum atomic E-state index is -0.248. The number of piperidine rings is 1. The number of anilines is 2. The molecule has 0 spiro atoms. The van der Waals surface area contributed by atoms with Gasteiger partial charge in [-0.1, -0.05) is 28.1 Å². The molecule has 1 aliphatic heterocycles. The lowest BCUT2D eigenvalue weighted by atomic mass is 10.0. The van der Waals surface area contributed by atoms with Gasteiger partial charge in [-0.25, -0.2) is 0 Å². The second-order valence-electron chi connectivity index (χ2n) is 7.21. The highest BCUT2D eigenvalue weighted by Crippen LogP contribution is 2.27. The fourth-order valence-electron chi connectivity index (χ4n) is 3.64. The van der Waals surface area contributed by atoms with Crippen LogP contribution in [0.2, 0.25) is 0 Å². The van der Waals surface area contributed by atoms with Crippen molar-refractivity contribution in [1.82, 2.24) is 0 Å². The molecule has 1 aromatic heterocycles. The molecule has 0 aliphatic carbocycles. The number of nitrogens with one attached hydrogen (secondary N) is 1. The summed E-state index contributed by atoms with van der Waals surface area (Å²) in [6.07, 6.45) is 3.77. The van der Waals surface area contributed by atoms with Gasteiger partial charge in [-0.15, -0.1) is 0 Å². The normalized spacial score (nSPS) is 16.8. The average Bonchev–Trinajstić information content (AvgIpc) is 3.20. The Labute approximate surface area is 173 Å². The highest BCUT2D eigenvalue weighted by molar-refractivity contribution is 9.10. The van der Waals surface area contributed by atoms with Gasteiger partial charge in [-0.3, -0.25) is 4.79 Å². The predicted octanol–water partition coefficient (Wildman–Crippen LogP) is 6.34. The Morgan fingerprint density at radius 1 is 1.04 bits per heavy atom. The molecular formula is C23H23BrN2O2. The van der Waals surface area contributed by atoms with Gasteiger partial charge in [0, 0.05) is 34.0 Å². The third-order valence-electron chi connectivity index (χ3n) is 5.22. The zero-order valence-corrected chi connectivity index (χ0v) is 17.4. The monoisotopic (exact) mass is 438 g/mol. The number of hydrogen-bond acceptors (Lipinski definition) is 3. The van der Waals surface area contributed by atoms with E-state index in [1.807, 2.05) is 42.5 Å². The van der Waals surface area contributed by atoms with Crippen LogP contribution >= 0.6 is 15.9 Å². The van der Waals surface area contributed by atoms with Crippen molar-refractivity contribution < 1.29 is 9.21 Å². The van der Waals surface area contributed by atoms with Crippen molar-refractivity contribution in [2.75, 3.05) is 16.8 Å². The highest BCUT2D eigenvalue weighted by Gasteiger charge is 2.18. The lowest BCUT2D eigenvalue weighted by molar-refractivity contribution is 0.0997. The number of carbonyl (C=O) groups is 1. The molecule has 1 amide bonds. The van der Waals surface area contributed by atoms with Crippen molar-refractivity contribution in [2.45, 2.75) is 32.2 Å². The first-order valence-corrected chi connectivity index (χ1v) is 10.4. The molecule has 3 aromatic rings. The van der Waals surface area contributed by atoms with Gasteiger partial charge in [-0.05, 0) is 74.7 Å². The molecule has 2 aromatic carbocycles. The second-order valence-corrected chi connectivity index (χ2v) is 8.13. The minimum absolute atomic E-state index is 0.248. The lowest BCUT2D eigenvalue weighted by Gasteiger charge is -2.35. The molecule has 0 radical (unpaired) electrons. The van der Waals surface area contributed by atoms with E-state index < -0.39 is 0 Å². The van der Waals surface area contributed by atoms with Gasteiger partial charge in [0.25, 0.3) is 5.91 Å². The number of benzene rings is 2. The topological polar surface area (TPSA) is 45.5 Å². The maximum Gasteiger partial charge on any atom is 0.291 e. The minimum Gasteiger partial charge on any atom is -0.451 e. The molecule has 1 saturated heterocycles. The van der Waals surface area contributed by atoms with Crippen LogP contribution in [0, 0.1) is 0 Å². The van der Waals surface area contributed by atoms with Crippen LogP contribution in [-0.2, 0) is 0 Å². The number of rotatable bonds is 4. The van der Waals surface area contributed by atoms with Crippen LogP contribution in [0.5, 0.6) is 0 Å². The van der Waals surface area contributed by atoms with Crippen molar-refractivity contribution >= 4 is 33.2 Å². The van der Waals surface area contributed by atoms with E-state index in [0.717, 1.165) is 22.3 Å². The summed E-state index contributed by atoms with van der Waals surface area (Å²) in [7, 11) is 0. The van der Waals surface area contributed by atoms with Crippen molar-refractivity contribution in [3.8, 4) is 11.3 Å². The number of carbonyl (C=O) groups excluding carboxylic acids is 1. The molecule has 1 fully saturated rings. The van der Waals surface area contributed by atoms with Gasteiger partial charge in [-0.2, -0.15) is 0 Å². The largest absolute Gasteiger partial charge is 0.451 e. The Kier molecular flexibility index (Phi) is 5.53. The molecule has 4 nitrogen and oxygen atoms in total. The summed E-state index contributed by atoms with van der Waals surface area (Å²) >= 11 is 3.42. The van der Waals surface area contributed by atoms with E-state index in [4.69, 9.17) is 4.42 Å². The van der Waals surface area contributed by atoms with Crippen LogP contribution in [0.1, 0.15) is 36.7 Å². The zero-order valence-electron chi connectivity index (χ0n) is 15.8. The van der Waals surface area contributed by atoms with E-state index in [-0.39, 0.29) is 5.91 Å². The first-order valence-electron chi connectivity index (χ1n) is 9.64. The van der Waals surface area contributed by atoms with E-state index in [9.17, 15) is 4.79 Å². The Morgan fingerprint density at radius 3 is 2.50 bits per heavy atom. The zero-order chi connectivity index (χ0) is 19.5. The summed E-state index contributed by atoms with van der Waals surface area (Å²) < 4.78 is 6.74. The SMILES string of the molecule is C[C@@H]1CCCCN1c1ccc(NC(=O)c2ccc(-c3ccc(Br)cc3)o2)cc1. The van der Waals surface area contributed by atoms with E-state index in [0.29, 0.717) is 17.6 Å². The fourth-order valence-corrected chi connectivity index (χ4v) is 3.90. The first-order chi connectivity index (χ1) is 13.6. The summed E-state index contributed by atoms with van der Waals surface area (Å²) in [5.41, 5.74) is 2.91. The Balaban J connectivity index is 1.43. The molecular weight excluding hydrogens is 416 g/mol. The number of halogens is 1. The van der Waals surface area contributed by atoms with Crippen LogP contribution in [-0.4, -0.2) is 18.5 Å². The number of hydrogen-bond donors (Lipinski definition) is 1. The number of furan rings is 1. The molecule has 0 saturated carbocycles. The van der Waals surface area contributed by atoms with Gasteiger partial charge >= 0.3 is 0 Å². The summed E-state index contributed by atoms with van der Waals surface area (Å²) in [5, 5.41) is 2.91. The Hall–Kier alpha value is -2.53. The Bertz CT molecular complexity index is 947. The standard InChI is InChI=1S/C23H23BrN2O2/c1-16-4-2-3-15-26(16)20-11-9-19(10-12-20)25-23(27)22-14-13-21(28-22)17-5-7-18(24)8-6-17/h5-14,16H,2-4,15H2,1H3,(H,25,27)/t16-/m1/s1. The van der Waals surface area contributed by atoms with Gasteiger partial charge in [0.05, 0.1) is 0 Å². The quantitative estimate of drug-likeness (QED) is 0.516. The first kappa shape index (κ1) is 18.8. The predicted molar refractivity (Wildman–Crippen MR) is 117 cm³/mol. The summed E-state index contributed by atoms with van der Waals surface area (Å²) in [6, 6.07) is 19.9. The van der Waals surface area contributed by atoms with E-state index in [1.54, 1.807) is 6.07 Å². The van der Waals surface area contributed by atoms with Crippen molar-refractivity contribution in [3.05, 3.63) is 70.9 Å². The maximum absolute atomic E-state index is 12.5. The lowest BCUT2D eigenvalue weighted by Crippen LogP contribution is -2.37. The van der Waals surface area contributed by atoms with Crippen LogP contribution in [0.4, 0.5) is 11.4 Å². The molecule has 1 N–H and O–H groups in total. The molecule has 5 heteroatoms. The smallest absolute Gasteiger partial charge is 0.291 e. The molecule has 144 valence electrons. The molecule has 1 atom stereocenters. The van der Waals surface area contributed by atoms with Crippen LogP contribution in [0.15, 0.2) is 69.6 Å². The second kappa shape index (κ2) is 8.23. The van der Waals surface area contributed by atoms with Crippen LogP contribution < -0.4 is 10.2 Å². The van der Waals surface area contributed by atoms with Crippen LogP contribution in [0.25, 0.3) is 11.3 Å². The summed E-state index contributed by atoms with van der Waals surface area (Å²) in [5.74, 6) is 0.723. The van der Waals surface area contributed by atoms with Crippen molar-refractivity contribution in [1.29, 1.82) is 0 Å². The van der Waals surface area contributed by atoms with Crippen molar-refractivity contribution in [3.63, 3.8) is 0 Å². The summed E-state index contributed by atoms with van der Waals surface area (Å²) in [4.78, 5) is 15.0. The fraction of sp³-hybridized carbons (Fsp3) is 0.261. The number of nitrogens with zero attached hydrogens (tertiary/aromatic N) is 1. The van der Waals surface area contributed by atoms with Gasteiger partial charge < -0.3 is 14.6 Å². The summed E-state index contributed by atoms with van der Waals surface area (Å²) in [6.45, 7) is 3.37. The molecule has 0 unspecified atom stereocenters. The Morgan fingerprint density at radius 2 is 1.79 bits per heavy atom. The van der Waals surface area contributed by atoms with Crippen LogP contribution in [0.3, 0.4) is 0 Å². The molecule has 0 bridgehead atoms. The van der Waals surface area contributed by atoms with E-state index in [1.165, 1.54) is 24.9 Å². The molecule has 2 heterocycles. The van der Waals surface area contributed by atoms with E-state index >= 15 is 0 Å².